The molecule has 4 rings (SSSR count). The van der Waals surface area contributed by atoms with Crippen LogP contribution in [0, 0.1) is 13.8 Å². The lowest BCUT2D eigenvalue weighted by atomic mass is 10.0. The van der Waals surface area contributed by atoms with E-state index in [1.165, 1.54) is 11.1 Å². The number of aryl methyl sites for hydroxylation is 1. The molecule has 1 aliphatic heterocycles. The molecule has 0 saturated carbocycles. The molecule has 0 radical (unpaired) electrons. The van der Waals surface area contributed by atoms with Crippen molar-refractivity contribution in [3.05, 3.63) is 82.7 Å². The second kappa shape index (κ2) is 10.0. The van der Waals surface area contributed by atoms with Crippen LogP contribution in [0.1, 0.15) is 60.7 Å². The normalized spacial score (nSPS) is 13.9. The highest BCUT2D eigenvalue weighted by Gasteiger charge is 2.24. The third-order valence-corrected chi connectivity index (χ3v) is 6.25. The van der Waals surface area contributed by atoms with E-state index in [1.54, 1.807) is 0 Å². The molecule has 1 atom stereocenters. The van der Waals surface area contributed by atoms with E-state index in [-0.39, 0.29) is 5.91 Å². The number of carbonyl (C=O) groups excluding carboxylic acids is 1. The topological polar surface area (TPSA) is 62.5 Å². The summed E-state index contributed by atoms with van der Waals surface area (Å²) >= 11 is 0. The maximum Gasteiger partial charge on any atom is 0.220 e. The van der Waals surface area contributed by atoms with Crippen LogP contribution >= 0.6 is 0 Å². The van der Waals surface area contributed by atoms with Gasteiger partial charge in [-0.3, -0.25) is 9.80 Å². The van der Waals surface area contributed by atoms with Crippen molar-refractivity contribution in [2.45, 2.75) is 53.0 Å². The second-order valence-corrected chi connectivity index (χ2v) is 8.95. The summed E-state index contributed by atoms with van der Waals surface area (Å²) in [7, 11) is 0. The number of hydrazone groups is 1. The van der Waals surface area contributed by atoms with Gasteiger partial charge in [0, 0.05) is 25.1 Å². The Bertz CT molecular complexity index is 1130. The monoisotopic (exact) mass is 443 g/mol. The molecule has 3 aromatic rings. The lowest BCUT2D eigenvalue weighted by molar-refractivity contribution is -0.121. The van der Waals surface area contributed by atoms with Gasteiger partial charge in [-0.2, -0.15) is 10.2 Å². The fourth-order valence-corrected chi connectivity index (χ4v) is 4.36. The molecule has 1 aliphatic rings. The van der Waals surface area contributed by atoms with Crippen LogP contribution in [0.25, 0.3) is 5.69 Å². The Hall–Kier alpha value is -3.41. The molecular weight excluding hydrogens is 410 g/mol. The van der Waals surface area contributed by atoms with Crippen molar-refractivity contribution in [1.82, 2.24) is 20.1 Å². The highest BCUT2D eigenvalue weighted by Crippen LogP contribution is 2.24. The number of nitrogens with zero attached hydrogens (tertiary/aromatic N) is 4. The van der Waals surface area contributed by atoms with Crippen LogP contribution in [-0.4, -0.2) is 39.5 Å². The SMILES string of the molecule is CC1=NN(CCCC(=O)NCC(C)c2ccccc2)Cc2nn(-c3ccc(C)cc3)c(C)c21. The van der Waals surface area contributed by atoms with Crippen molar-refractivity contribution in [2.75, 3.05) is 13.1 Å². The first-order valence-corrected chi connectivity index (χ1v) is 11.7. The number of hydrogen-bond donors (Lipinski definition) is 1. The van der Waals surface area contributed by atoms with Gasteiger partial charge in [0.15, 0.2) is 0 Å². The smallest absolute Gasteiger partial charge is 0.220 e. The first kappa shape index (κ1) is 22.8. The van der Waals surface area contributed by atoms with Crippen LogP contribution < -0.4 is 5.32 Å². The van der Waals surface area contributed by atoms with Gasteiger partial charge in [0.05, 0.1) is 29.3 Å². The zero-order valence-electron chi connectivity index (χ0n) is 20.0. The minimum atomic E-state index is 0.0932. The highest BCUT2D eigenvalue weighted by atomic mass is 16.1. The van der Waals surface area contributed by atoms with Gasteiger partial charge in [-0.25, -0.2) is 4.68 Å². The Morgan fingerprint density at radius 1 is 1.06 bits per heavy atom. The van der Waals surface area contributed by atoms with Crippen molar-refractivity contribution >= 4 is 11.6 Å². The maximum atomic E-state index is 12.3. The summed E-state index contributed by atoms with van der Waals surface area (Å²) in [6, 6.07) is 18.7. The van der Waals surface area contributed by atoms with Crippen LogP contribution in [0.4, 0.5) is 0 Å². The molecule has 6 nitrogen and oxygen atoms in total. The highest BCUT2D eigenvalue weighted by molar-refractivity contribution is 6.01. The fourth-order valence-electron chi connectivity index (χ4n) is 4.36. The molecule has 172 valence electrons. The summed E-state index contributed by atoms with van der Waals surface area (Å²) in [6.07, 6.45) is 1.26. The van der Waals surface area contributed by atoms with E-state index < -0.39 is 0 Å². The standard InChI is InChI=1S/C27H33N5O/c1-19-12-14-24(15-13-19)32-22(4)27-21(3)29-31(18-25(27)30-32)16-8-11-26(33)28-17-20(2)23-9-6-5-7-10-23/h5-7,9-10,12-15,20H,8,11,16-18H2,1-4H3,(H,28,33). The van der Waals surface area contributed by atoms with Crippen molar-refractivity contribution in [2.24, 2.45) is 5.10 Å². The fraction of sp³-hybridized carbons (Fsp3) is 0.370. The molecule has 1 amide bonds. The summed E-state index contributed by atoms with van der Waals surface area (Å²) in [5.41, 5.74) is 7.81. The quantitative estimate of drug-likeness (QED) is 0.548. The summed E-state index contributed by atoms with van der Waals surface area (Å²) < 4.78 is 2.01. The summed E-state index contributed by atoms with van der Waals surface area (Å²) in [5.74, 6) is 0.394. The average Bonchev–Trinajstić information content (AvgIpc) is 3.15. The van der Waals surface area contributed by atoms with E-state index in [0.717, 1.165) is 41.3 Å². The zero-order chi connectivity index (χ0) is 23.4. The average molecular weight is 444 g/mol. The molecule has 1 unspecified atom stereocenters. The zero-order valence-corrected chi connectivity index (χ0v) is 20.0. The molecule has 1 aromatic heterocycles. The van der Waals surface area contributed by atoms with Gasteiger partial charge in [-0.1, -0.05) is 55.0 Å². The maximum absolute atomic E-state index is 12.3. The number of rotatable bonds is 8. The van der Waals surface area contributed by atoms with Crippen LogP contribution in [0.5, 0.6) is 0 Å². The van der Waals surface area contributed by atoms with Gasteiger partial charge in [-0.05, 0) is 50.8 Å². The largest absolute Gasteiger partial charge is 0.356 e. The first-order valence-electron chi connectivity index (χ1n) is 11.7. The van der Waals surface area contributed by atoms with Gasteiger partial charge in [-0.15, -0.1) is 0 Å². The predicted octanol–water partition coefficient (Wildman–Crippen LogP) is 4.73. The van der Waals surface area contributed by atoms with E-state index in [9.17, 15) is 4.79 Å². The number of fused-ring (bicyclic) bond motifs is 1. The molecule has 2 aromatic carbocycles. The molecular formula is C27H33N5O. The predicted molar refractivity (Wildman–Crippen MR) is 133 cm³/mol. The van der Waals surface area contributed by atoms with Crippen molar-refractivity contribution in [3.63, 3.8) is 0 Å². The summed E-state index contributed by atoms with van der Waals surface area (Å²) in [5, 5.41) is 14.8. The Labute approximate surface area is 196 Å². The molecule has 0 fully saturated rings. The Morgan fingerprint density at radius 3 is 2.52 bits per heavy atom. The molecule has 0 spiro atoms. The van der Waals surface area contributed by atoms with Crippen molar-refractivity contribution < 1.29 is 4.79 Å². The lowest BCUT2D eigenvalue weighted by Gasteiger charge is -2.23. The van der Waals surface area contributed by atoms with E-state index in [2.05, 4.69) is 62.5 Å². The van der Waals surface area contributed by atoms with E-state index in [4.69, 9.17) is 10.2 Å². The molecule has 0 saturated heterocycles. The third-order valence-electron chi connectivity index (χ3n) is 6.25. The summed E-state index contributed by atoms with van der Waals surface area (Å²) in [6.45, 7) is 10.4. The van der Waals surface area contributed by atoms with Crippen LogP contribution in [0.2, 0.25) is 0 Å². The van der Waals surface area contributed by atoms with E-state index >= 15 is 0 Å². The minimum Gasteiger partial charge on any atom is -0.356 e. The number of nitrogens with one attached hydrogen (secondary N) is 1. The van der Waals surface area contributed by atoms with E-state index in [0.29, 0.717) is 25.4 Å². The van der Waals surface area contributed by atoms with Gasteiger partial charge in [0.25, 0.3) is 0 Å². The van der Waals surface area contributed by atoms with Crippen molar-refractivity contribution in [3.8, 4) is 5.69 Å². The van der Waals surface area contributed by atoms with Gasteiger partial charge < -0.3 is 5.32 Å². The number of hydrogen-bond acceptors (Lipinski definition) is 4. The van der Waals surface area contributed by atoms with E-state index in [1.807, 2.05) is 34.8 Å². The Morgan fingerprint density at radius 2 is 1.79 bits per heavy atom. The first-order chi connectivity index (χ1) is 15.9. The molecule has 1 N–H and O–H groups in total. The number of aromatic nitrogens is 2. The molecule has 2 heterocycles. The second-order valence-electron chi connectivity index (χ2n) is 8.95. The Kier molecular flexibility index (Phi) is 6.92. The van der Waals surface area contributed by atoms with Gasteiger partial charge >= 0.3 is 0 Å². The van der Waals surface area contributed by atoms with Crippen LogP contribution in [0.15, 0.2) is 59.7 Å². The third kappa shape index (κ3) is 5.33. The Balaban J connectivity index is 1.30. The van der Waals surface area contributed by atoms with Gasteiger partial charge in [0.2, 0.25) is 5.91 Å². The number of amides is 1. The van der Waals surface area contributed by atoms with Crippen molar-refractivity contribution in [1.29, 1.82) is 0 Å². The minimum absolute atomic E-state index is 0.0932. The molecule has 0 aliphatic carbocycles. The molecule has 6 heteroatoms. The summed E-state index contributed by atoms with van der Waals surface area (Å²) in [4.78, 5) is 12.3. The molecule has 33 heavy (non-hydrogen) atoms. The lowest BCUT2D eigenvalue weighted by Crippen LogP contribution is -2.29. The van der Waals surface area contributed by atoms with Crippen LogP contribution in [-0.2, 0) is 11.3 Å². The number of benzene rings is 2. The number of carbonyl (C=O) groups is 1. The molecule has 0 bridgehead atoms. The van der Waals surface area contributed by atoms with Gasteiger partial charge in [0.1, 0.15) is 0 Å². The van der Waals surface area contributed by atoms with Crippen LogP contribution in [0.3, 0.4) is 0 Å².